The first-order valence-electron chi connectivity index (χ1n) is 2.24. The largest absolute Gasteiger partial charge is 0.384 e. The first-order chi connectivity index (χ1) is 4.20. The second-order valence-corrected chi connectivity index (χ2v) is 2.02. The number of nitrogens with two attached hydrogens (primary N) is 1. The third-order valence-electron chi connectivity index (χ3n) is 0.557. The molecule has 0 aromatic heterocycles. The zero-order chi connectivity index (χ0) is 7.28. The number of thioether (sulfide) groups is 1. The van der Waals surface area contributed by atoms with Gasteiger partial charge in [-0.05, 0) is 13.0 Å². The molecule has 0 aliphatic heterocycles. The lowest BCUT2D eigenvalue weighted by molar-refractivity contribution is 1.26. The number of amidine groups is 1. The minimum Gasteiger partial charge on any atom is -0.384 e. The van der Waals surface area contributed by atoms with Crippen LogP contribution in [0.4, 0.5) is 0 Å². The molecule has 9 heavy (non-hydrogen) atoms. The highest BCUT2D eigenvalue weighted by Crippen LogP contribution is 1.99. The van der Waals surface area contributed by atoms with Crippen molar-refractivity contribution in [3.63, 3.8) is 0 Å². The molecule has 0 atom stereocenters. The van der Waals surface area contributed by atoms with Crippen molar-refractivity contribution < 1.29 is 0 Å². The molecule has 0 radical (unpaired) electrons. The lowest BCUT2D eigenvalue weighted by atomic mass is 10.9. The van der Waals surface area contributed by atoms with Gasteiger partial charge in [0.2, 0.25) is 0 Å². The number of hydrogen-bond donors (Lipinski definition) is 1. The van der Waals surface area contributed by atoms with E-state index in [4.69, 9.17) is 5.73 Å². The van der Waals surface area contributed by atoms with E-state index >= 15 is 0 Å². The Labute approximate surface area is 58.8 Å². The molecule has 2 N–H and O–H groups in total. The van der Waals surface area contributed by atoms with Crippen LogP contribution in [0.5, 0.6) is 0 Å². The number of rotatable bonds is 1. The van der Waals surface area contributed by atoms with E-state index in [1.807, 2.05) is 6.26 Å². The van der Waals surface area contributed by atoms with Crippen LogP contribution in [0, 0.1) is 0 Å². The Balaban J connectivity index is 4.07. The fraction of sp³-hybridized carbons (Fsp3) is 0.200. The number of nitrogens with zero attached hydrogens (tertiary/aromatic N) is 2. The predicted molar refractivity (Wildman–Crippen MR) is 43.8 cm³/mol. The van der Waals surface area contributed by atoms with Gasteiger partial charge in [-0.1, -0.05) is 18.3 Å². The molecule has 0 spiro atoms. The van der Waals surface area contributed by atoms with E-state index in [2.05, 4.69) is 23.3 Å². The fourth-order valence-corrected chi connectivity index (χ4v) is 0.606. The molecule has 0 bridgehead atoms. The SMILES string of the molecule is C=N/C(=N\C(=C)N)SC. The smallest absolute Gasteiger partial charge is 0.188 e. The van der Waals surface area contributed by atoms with Crippen LogP contribution in [0.2, 0.25) is 0 Å². The van der Waals surface area contributed by atoms with Gasteiger partial charge >= 0.3 is 0 Å². The molecule has 0 heterocycles. The van der Waals surface area contributed by atoms with Gasteiger partial charge in [-0.2, -0.15) is 0 Å². The summed E-state index contributed by atoms with van der Waals surface area (Å²) in [5.74, 6) is 0.256. The van der Waals surface area contributed by atoms with Crippen LogP contribution in [0.1, 0.15) is 0 Å². The summed E-state index contributed by atoms with van der Waals surface area (Å²) in [6.07, 6.45) is 1.84. The molecule has 0 unspecified atom stereocenters. The van der Waals surface area contributed by atoms with Crippen LogP contribution < -0.4 is 5.73 Å². The molecule has 3 nitrogen and oxygen atoms in total. The van der Waals surface area contributed by atoms with Crippen molar-refractivity contribution in [2.75, 3.05) is 6.26 Å². The average molecular weight is 143 g/mol. The lowest BCUT2D eigenvalue weighted by Crippen LogP contribution is -1.94. The quantitative estimate of drug-likeness (QED) is 0.436. The third-order valence-corrected chi connectivity index (χ3v) is 1.14. The zero-order valence-electron chi connectivity index (χ0n) is 5.29. The minimum atomic E-state index is 0.256. The molecule has 0 rings (SSSR count). The molecule has 0 aromatic carbocycles. The van der Waals surface area contributed by atoms with Crippen molar-refractivity contribution in [1.82, 2.24) is 0 Å². The van der Waals surface area contributed by atoms with Gasteiger partial charge in [-0.3, -0.25) is 0 Å². The van der Waals surface area contributed by atoms with Crippen molar-refractivity contribution >= 4 is 23.6 Å². The second kappa shape index (κ2) is 4.14. The van der Waals surface area contributed by atoms with E-state index in [1.54, 1.807) is 0 Å². The Bertz CT molecular complexity index is 150. The van der Waals surface area contributed by atoms with Crippen molar-refractivity contribution in [3.8, 4) is 0 Å². The van der Waals surface area contributed by atoms with Crippen LogP contribution in [0.15, 0.2) is 22.4 Å². The molecule has 0 saturated heterocycles. The van der Waals surface area contributed by atoms with Gasteiger partial charge in [0.1, 0.15) is 5.82 Å². The zero-order valence-corrected chi connectivity index (χ0v) is 6.11. The average Bonchev–Trinajstić information content (AvgIpc) is 1.82. The summed E-state index contributed by atoms with van der Waals surface area (Å²) >= 11 is 1.38. The van der Waals surface area contributed by atoms with Crippen molar-refractivity contribution in [3.05, 3.63) is 12.4 Å². The topological polar surface area (TPSA) is 50.7 Å². The maximum absolute atomic E-state index is 5.16. The van der Waals surface area contributed by atoms with Gasteiger partial charge in [0.05, 0.1) is 0 Å². The molecule has 0 fully saturated rings. The maximum Gasteiger partial charge on any atom is 0.188 e. The van der Waals surface area contributed by atoms with Crippen LogP contribution in [-0.2, 0) is 0 Å². The summed E-state index contributed by atoms with van der Waals surface area (Å²) in [6.45, 7) is 6.67. The second-order valence-electron chi connectivity index (χ2n) is 1.25. The fourth-order valence-electron chi connectivity index (χ4n) is 0.268. The summed E-state index contributed by atoms with van der Waals surface area (Å²) in [7, 11) is 0. The first kappa shape index (κ1) is 8.23. The Morgan fingerprint density at radius 1 is 1.67 bits per heavy atom. The van der Waals surface area contributed by atoms with Crippen LogP contribution >= 0.6 is 11.8 Å². The van der Waals surface area contributed by atoms with E-state index in [1.165, 1.54) is 11.8 Å². The minimum absolute atomic E-state index is 0.256. The first-order valence-corrected chi connectivity index (χ1v) is 3.47. The monoisotopic (exact) mass is 143 g/mol. The van der Waals surface area contributed by atoms with E-state index < -0.39 is 0 Å². The van der Waals surface area contributed by atoms with Crippen molar-refractivity contribution in [2.24, 2.45) is 15.7 Å². The highest BCUT2D eigenvalue weighted by Gasteiger charge is 1.88. The van der Waals surface area contributed by atoms with Gasteiger partial charge in [-0.15, -0.1) is 0 Å². The summed E-state index contributed by atoms with van der Waals surface area (Å²) in [5, 5.41) is 0.544. The predicted octanol–water partition coefficient (Wildman–Crippen LogP) is 0.836. The molecular formula is C5H9N3S. The molecular weight excluding hydrogens is 134 g/mol. The summed E-state index contributed by atoms with van der Waals surface area (Å²) < 4.78 is 0. The van der Waals surface area contributed by atoms with Crippen LogP contribution in [0.3, 0.4) is 0 Å². The molecule has 0 aliphatic rings. The summed E-state index contributed by atoms with van der Waals surface area (Å²) in [4.78, 5) is 7.32. The standard InChI is InChI=1S/C5H9N3S/c1-4(6)8-5(7-2)9-3/h1-2,6H2,3H3/b8-5+. The van der Waals surface area contributed by atoms with Crippen molar-refractivity contribution in [2.45, 2.75) is 0 Å². The molecule has 0 aromatic rings. The highest BCUT2D eigenvalue weighted by molar-refractivity contribution is 8.13. The number of aliphatic imine (C=N–C) groups is 2. The Kier molecular flexibility index (Phi) is 3.79. The van der Waals surface area contributed by atoms with E-state index in [-0.39, 0.29) is 5.82 Å². The molecule has 0 aliphatic carbocycles. The van der Waals surface area contributed by atoms with E-state index in [0.29, 0.717) is 5.17 Å². The summed E-state index contributed by atoms with van der Waals surface area (Å²) in [5.41, 5.74) is 5.16. The highest BCUT2D eigenvalue weighted by atomic mass is 32.2. The molecule has 0 saturated carbocycles. The lowest BCUT2D eigenvalue weighted by Gasteiger charge is -1.91. The van der Waals surface area contributed by atoms with Gasteiger partial charge in [0, 0.05) is 0 Å². The number of hydrogen-bond acceptors (Lipinski definition) is 3. The Morgan fingerprint density at radius 2 is 2.22 bits per heavy atom. The van der Waals surface area contributed by atoms with E-state index in [0.717, 1.165) is 0 Å². The normalized spacial score (nSPS) is 11.0. The van der Waals surface area contributed by atoms with Gasteiger partial charge in [0.25, 0.3) is 0 Å². The molecule has 50 valence electrons. The van der Waals surface area contributed by atoms with Crippen LogP contribution in [0.25, 0.3) is 0 Å². The maximum atomic E-state index is 5.16. The van der Waals surface area contributed by atoms with Gasteiger partial charge in [-0.25, -0.2) is 9.98 Å². The van der Waals surface area contributed by atoms with Gasteiger partial charge in [0.15, 0.2) is 5.17 Å². The van der Waals surface area contributed by atoms with Crippen molar-refractivity contribution in [1.29, 1.82) is 0 Å². The Hall–Kier alpha value is -0.770. The molecule has 4 heteroatoms. The van der Waals surface area contributed by atoms with E-state index in [9.17, 15) is 0 Å². The van der Waals surface area contributed by atoms with Gasteiger partial charge < -0.3 is 5.73 Å². The third kappa shape index (κ3) is 3.78. The summed E-state index contributed by atoms with van der Waals surface area (Å²) in [6, 6.07) is 0. The Morgan fingerprint density at radius 3 is 2.33 bits per heavy atom. The van der Waals surface area contributed by atoms with Crippen LogP contribution in [-0.4, -0.2) is 18.1 Å². The molecule has 0 amide bonds.